The van der Waals surface area contributed by atoms with Gasteiger partial charge in [-0.05, 0) is 61.9 Å². The van der Waals surface area contributed by atoms with Crippen LogP contribution in [0.4, 0.5) is 0 Å². The Bertz CT molecular complexity index is 404. The van der Waals surface area contributed by atoms with Crippen LogP contribution in [0.15, 0.2) is 0 Å². The third kappa shape index (κ3) is 2.61. The Hall–Kier alpha value is -0.610. The van der Waals surface area contributed by atoms with E-state index in [-0.39, 0.29) is 24.0 Å². The molecule has 4 nitrogen and oxygen atoms in total. The van der Waals surface area contributed by atoms with Gasteiger partial charge >= 0.3 is 0 Å². The van der Waals surface area contributed by atoms with Gasteiger partial charge in [0.05, 0.1) is 6.10 Å². The molecular formula is C17H30N2O2. The van der Waals surface area contributed by atoms with Crippen LogP contribution in [-0.2, 0) is 9.53 Å². The van der Waals surface area contributed by atoms with Gasteiger partial charge in [-0.1, -0.05) is 20.8 Å². The van der Waals surface area contributed by atoms with Gasteiger partial charge in [0, 0.05) is 6.04 Å². The van der Waals surface area contributed by atoms with Gasteiger partial charge in [0.15, 0.2) is 0 Å². The summed E-state index contributed by atoms with van der Waals surface area (Å²) < 4.78 is 5.77. The number of fused-ring (bicyclic) bond motifs is 2. The van der Waals surface area contributed by atoms with E-state index in [1.165, 1.54) is 12.8 Å². The molecule has 3 aliphatic rings. The Labute approximate surface area is 128 Å². The number of carbonyl (C=O) groups excluding carboxylic acids is 1. The zero-order valence-corrected chi connectivity index (χ0v) is 13.7. The fourth-order valence-electron chi connectivity index (χ4n) is 4.81. The first-order valence-electron chi connectivity index (χ1n) is 8.55. The number of rotatable bonds is 4. The van der Waals surface area contributed by atoms with Crippen LogP contribution in [-0.4, -0.2) is 37.7 Å². The Balaban J connectivity index is 1.49. The highest BCUT2D eigenvalue weighted by Crippen LogP contribution is 2.65. The normalized spacial score (nSPS) is 38.6. The predicted octanol–water partition coefficient (Wildman–Crippen LogP) is 2.09. The van der Waals surface area contributed by atoms with Gasteiger partial charge in [-0.2, -0.15) is 0 Å². The number of nitrogens with one attached hydrogen (secondary N) is 2. The highest BCUT2D eigenvalue weighted by atomic mass is 16.5. The number of hydrogen-bond donors (Lipinski definition) is 2. The molecule has 1 amide bonds. The van der Waals surface area contributed by atoms with Gasteiger partial charge < -0.3 is 15.4 Å². The molecule has 3 unspecified atom stereocenters. The summed E-state index contributed by atoms with van der Waals surface area (Å²) in [5, 5.41) is 6.58. The van der Waals surface area contributed by atoms with Crippen LogP contribution in [0.25, 0.3) is 0 Å². The minimum absolute atomic E-state index is 0.0723. The molecule has 120 valence electrons. The lowest BCUT2D eigenvalue weighted by Gasteiger charge is -2.39. The highest BCUT2D eigenvalue weighted by Gasteiger charge is 2.61. The molecular weight excluding hydrogens is 264 g/mol. The Morgan fingerprint density at radius 1 is 1.24 bits per heavy atom. The van der Waals surface area contributed by atoms with Crippen LogP contribution in [0.1, 0.15) is 52.9 Å². The summed E-state index contributed by atoms with van der Waals surface area (Å²) in [4.78, 5) is 12.2. The molecule has 2 bridgehead atoms. The van der Waals surface area contributed by atoms with Crippen molar-refractivity contribution in [2.45, 2.75) is 65.0 Å². The number of amides is 1. The van der Waals surface area contributed by atoms with Gasteiger partial charge in [-0.25, -0.2) is 0 Å². The number of ether oxygens (including phenoxy) is 1. The quantitative estimate of drug-likeness (QED) is 0.835. The molecule has 4 heteroatoms. The summed E-state index contributed by atoms with van der Waals surface area (Å²) in [6.45, 7) is 9.34. The second kappa shape index (κ2) is 5.54. The maximum atomic E-state index is 12.2. The van der Waals surface area contributed by atoms with Crippen molar-refractivity contribution in [3.63, 3.8) is 0 Å². The monoisotopic (exact) mass is 294 g/mol. The van der Waals surface area contributed by atoms with E-state index >= 15 is 0 Å². The first-order valence-corrected chi connectivity index (χ1v) is 8.55. The van der Waals surface area contributed by atoms with Gasteiger partial charge in [0.1, 0.15) is 6.61 Å². The van der Waals surface area contributed by atoms with E-state index in [9.17, 15) is 4.79 Å². The number of hydrogen-bond acceptors (Lipinski definition) is 3. The smallest absolute Gasteiger partial charge is 0.246 e. The van der Waals surface area contributed by atoms with Crippen LogP contribution >= 0.6 is 0 Å². The summed E-state index contributed by atoms with van der Waals surface area (Å²) in [6.07, 6.45) is 5.99. The standard InChI is InChI=1S/C17H30N2O2/c1-16(2)12-4-7-17(16,3)14(10-12)19-15(20)11-21-13-5-8-18-9-6-13/h12-14,18H,4-11H2,1-3H3,(H,19,20). The Morgan fingerprint density at radius 2 is 1.95 bits per heavy atom. The molecule has 2 aliphatic carbocycles. The topological polar surface area (TPSA) is 50.4 Å². The first kappa shape index (κ1) is 15.3. The van der Waals surface area contributed by atoms with E-state index in [0.717, 1.165) is 38.3 Å². The van der Waals surface area contributed by atoms with Crippen LogP contribution in [0, 0.1) is 16.7 Å². The SMILES string of the molecule is CC1(C)C2CCC1(C)C(NC(=O)COC1CCNCC1)C2. The second-order valence-electron chi connectivity index (χ2n) is 7.99. The Morgan fingerprint density at radius 3 is 2.52 bits per heavy atom. The Kier molecular flexibility index (Phi) is 4.04. The minimum atomic E-state index is 0.0723. The van der Waals surface area contributed by atoms with Crippen molar-refractivity contribution in [3.05, 3.63) is 0 Å². The fourth-order valence-corrected chi connectivity index (χ4v) is 4.81. The summed E-state index contributed by atoms with van der Waals surface area (Å²) in [5.41, 5.74) is 0.600. The third-order valence-corrected chi connectivity index (χ3v) is 6.87. The molecule has 0 spiro atoms. The lowest BCUT2D eigenvalue weighted by Crippen LogP contribution is -2.48. The lowest BCUT2D eigenvalue weighted by molar-refractivity contribution is -0.130. The van der Waals surface area contributed by atoms with E-state index in [1.54, 1.807) is 0 Å². The zero-order chi connectivity index (χ0) is 15.1. The van der Waals surface area contributed by atoms with Crippen LogP contribution in [0.5, 0.6) is 0 Å². The maximum Gasteiger partial charge on any atom is 0.246 e. The van der Waals surface area contributed by atoms with Crippen molar-refractivity contribution in [3.8, 4) is 0 Å². The van der Waals surface area contributed by atoms with Crippen LogP contribution < -0.4 is 10.6 Å². The van der Waals surface area contributed by atoms with Gasteiger partial charge in [0.25, 0.3) is 0 Å². The third-order valence-electron chi connectivity index (χ3n) is 6.87. The molecule has 0 radical (unpaired) electrons. The molecule has 2 saturated carbocycles. The summed E-state index contributed by atoms with van der Waals surface area (Å²) in [7, 11) is 0. The molecule has 3 fully saturated rings. The van der Waals surface area contributed by atoms with Crippen LogP contribution in [0.2, 0.25) is 0 Å². The van der Waals surface area contributed by atoms with Gasteiger partial charge in [0.2, 0.25) is 5.91 Å². The highest BCUT2D eigenvalue weighted by molar-refractivity contribution is 5.77. The zero-order valence-electron chi connectivity index (χ0n) is 13.7. The molecule has 0 aromatic heterocycles. The molecule has 1 heterocycles. The van der Waals surface area contributed by atoms with Crippen molar-refractivity contribution in [1.29, 1.82) is 0 Å². The minimum Gasteiger partial charge on any atom is -0.368 e. The number of carbonyl (C=O) groups is 1. The molecule has 3 atom stereocenters. The molecule has 1 saturated heterocycles. The molecule has 0 aromatic carbocycles. The van der Waals surface area contributed by atoms with E-state index in [1.807, 2.05) is 0 Å². The van der Waals surface area contributed by atoms with Crippen molar-refractivity contribution in [2.24, 2.45) is 16.7 Å². The van der Waals surface area contributed by atoms with Gasteiger partial charge in [-0.3, -0.25) is 4.79 Å². The van der Waals surface area contributed by atoms with Gasteiger partial charge in [-0.15, -0.1) is 0 Å². The van der Waals surface area contributed by atoms with Crippen molar-refractivity contribution < 1.29 is 9.53 Å². The number of piperidine rings is 1. The predicted molar refractivity (Wildman–Crippen MR) is 83.0 cm³/mol. The van der Waals surface area contributed by atoms with E-state index in [4.69, 9.17) is 4.74 Å². The molecule has 1 aliphatic heterocycles. The summed E-state index contributed by atoms with van der Waals surface area (Å²) in [6, 6.07) is 0.329. The summed E-state index contributed by atoms with van der Waals surface area (Å²) in [5.74, 6) is 0.834. The van der Waals surface area contributed by atoms with E-state index in [0.29, 0.717) is 11.5 Å². The van der Waals surface area contributed by atoms with E-state index < -0.39 is 0 Å². The molecule has 3 rings (SSSR count). The fraction of sp³-hybridized carbons (Fsp3) is 0.941. The van der Waals surface area contributed by atoms with Crippen molar-refractivity contribution in [1.82, 2.24) is 10.6 Å². The van der Waals surface area contributed by atoms with E-state index in [2.05, 4.69) is 31.4 Å². The average molecular weight is 294 g/mol. The maximum absolute atomic E-state index is 12.2. The average Bonchev–Trinajstić information content (AvgIpc) is 2.79. The second-order valence-corrected chi connectivity index (χ2v) is 7.99. The largest absolute Gasteiger partial charge is 0.368 e. The first-order chi connectivity index (χ1) is 9.93. The molecule has 21 heavy (non-hydrogen) atoms. The molecule has 0 aromatic rings. The summed E-state index contributed by atoms with van der Waals surface area (Å²) >= 11 is 0. The van der Waals surface area contributed by atoms with Crippen molar-refractivity contribution in [2.75, 3.05) is 19.7 Å². The van der Waals surface area contributed by atoms with Crippen molar-refractivity contribution >= 4 is 5.91 Å². The molecule has 2 N–H and O–H groups in total. The van der Waals surface area contributed by atoms with Crippen LogP contribution in [0.3, 0.4) is 0 Å². The lowest BCUT2D eigenvalue weighted by atomic mass is 9.69.